The summed E-state index contributed by atoms with van der Waals surface area (Å²) in [4.78, 5) is 108. The molecule has 0 saturated heterocycles. The fourth-order valence-corrected chi connectivity index (χ4v) is 8.10. The largest absolute Gasteiger partial charge is 0.445 e. The molecule has 8 amide bonds. The lowest BCUT2D eigenvalue weighted by molar-refractivity contribution is -0.137. The van der Waals surface area contributed by atoms with Crippen molar-refractivity contribution in [1.82, 2.24) is 40.9 Å². The number of nitrogens with two attached hydrogens (primary N) is 1. The van der Waals surface area contributed by atoms with E-state index in [9.17, 15) is 38.4 Å². The van der Waals surface area contributed by atoms with Gasteiger partial charge < -0.3 is 42.4 Å². The number of rotatable bonds is 27. The molecule has 71 heavy (non-hydrogen) atoms. The normalized spacial score (nSPS) is 13.5. The molecule has 19 heteroatoms. The van der Waals surface area contributed by atoms with Crippen molar-refractivity contribution < 1.29 is 38.3 Å². The van der Waals surface area contributed by atoms with Crippen LogP contribution in [-0.2, 0) is 41.7 Å². The quantitative estimate of drug-likeness (QED) is 0.0318. The summed E-state index contributed by atoms with van der Waals surface area (Å²) in [5.74, 6) is -2.37. The smallest absolute Gasteiger partial charge is 0.407 e. The SMILES string of the molecule is Cc1cccc(Cc2c(C(NCCCNC(=O)OCc3ccc(NC(=O)C(CCCNC(N)=O)NC(=O)C(NC(=O)CCCCCN4C(=O)C=CC4=O)C(C)C)cc3)C(C)C)nc3ccccn3c2=O)c1. The van der Waals surface area contributed by atoms with Crippen molar-refractivity contribution in [3.63, 3.8) is 0 Å². The van der Waals surface area contributed by atoms with Gasteiger partial charge in [-0.3, -0.25) is 38.1 Å². The van der Waals surface area contributed by atoms with Gasteiger partial charge in [-0.05, 0) is 92.8 Å². The number of urea groups is 1. The molecule has 0 fully saturated rings. The van der Waals surface area contributed by atoms with E-state index in [2.05, 4.69) is 51.8 Å². The molecule has 3 atom stereocenters. The summed E-state index contributed by atoms with van der Waals surface area (Å²) in [6.45, 7) is 11.0. The van der Waals surface area contributed by atoms with Gasteiger partial charge in [0.2, 0.25) is 17.7 Å². The second kappa shape index (κ2) is 27.1. The molecule has 1 aliphatic rings. The number of anilines is 1. The van der Waals surface area contributed by atoms with Crippen LogP contribution < -0.4 is 43.2 Å². The van der Waals surface area contributed by atoms with E-state index in [1.165, 1.54) is 12.2 Å². The number of carbonyl (C=O) groups is 7. The van der Waals surface area contributed by atoms with Crippen molar-refractivity contribution in [2.24, 2.45) is 17.6 Å². The number of primary amides is 1. The molecule has 0 saturated carbocycles. The minimum absolute atomic E-state index is 0.0349. The molecule has 3 unspecified atom stereocenters. The fourth-order valence-electron chi connectivity index (χ4n) is 8.10. The number of pyridine rings is 1. The zero-order valence-electron chi connectivity index (χ0n) is 41.3. The van der Waals surface area contributed by atoms with Crippen LogP contribution in [0.3, 0.4) is 0 Å². The van der Waals surface area contributed by atoms with Gasteiger partial charge in [-0.1, -0.05) is 82.1 Å². The third-order valence-electron chi connectivity index (χ3n) is 11.9. The van der Waals surface area contributed by atoms with Gasteiger partial charge in [0.05, 0.1) is 11.7 Å². The van der Waals surface area contributed by atoms with E-state index in [1.807, 2.05) is 43.3 Å². The third-order valence-corrected chi connectivity index (χ3v) is 11.9. The molecule has 380 valence electrons. The van der Waals surface area contributed by atoms with Gasteiger partial charge in [0, 0.05) is 62.1 Å². The Balaban J connectivity index is 1.08. The van der Waals surface area contributed by atoms with Gasteiger partial charge in [0.15, 0.2) is 0 Å². The number of nitrogens with zero attached hydrogens (tertiary/aromatic N) is 3. The van der Waals surface area contributed by atoms with Crippen LogP contribution in [-0.4, -0.2) is 94.2 Å². The van der Waals surface area contributed by atoms with Gasteiger partial charge in [-0.25, -0.2) is 14.6 Å². The maximum atomic E-state index is 13.8. The highest BCUT2D eigenvalue weighted by atomic mass is 16.5. The Morgan fingerprint density at radius 3 is 2.17 bits per heavy atom. The molecule has 2 aromatic carbocycles. The standard InChI is InChI=1S/C52H68N10O9/c1-33(2)45(47-39(31-37-15-11-14-35(5)30-37)50(68)61-28-10-8-17-41(61)59-47)54-26-13-27-56-52(70)71-32-36-19-21-38(22-20-36)57-48(66)40(16-12-25-55-51(53)69)58-49(67)46(34(3)4)60-42(63)18-7-6-9-29-62-43(64)23-24-44(62)65/h8,10-11,14-15,17,19-24,28,30,33-34,40,45-46,54H,6-7,9,12-13,16,18,25-27,29,31-32H2,1-5H3,(H,56,70)(H,57,66)(H,58,67)(H,60,63)(H3,53,55,69). The second-order valence-electron chi connectivity index (χ2n) is 18.3. The van der Waals surface area contributed by atoms with Gasteiger partial charge in [-0.2, -0.15) is 0 Å². The number of imide groups is 1. The molecule has 4 aromatic rings. The molecule has 0 bridgehead atoms. The number of aromatic nitrogens is 2. The molecule has 0 aliphatic carbocycles. The maximum absolute atomic E-state index is 13.8. The lowest BCUT2D eigenvalue weighted by atomic mass is 9.93. The highest BCUT2D eigenvalue weighted by molar-refractivity contribution is 6.12. The van der Waals surface area contributed by atoms with Gasteiger partial charge in [0.25, 0.3) is 17.4 Å². The first-order valence-electron chi connectivity index (χ1n) is 24.3. The Morgan fingerprint density at radius 1 is 0.746 bits per heavy atom. The van der Waals surface area contributed by atoms with E-state index < -0.39 is 36.0 Å². The van der Waals surface area contributed by atoms with Crippen LogP contribution in [0.1, 0.15) is 107 Å². The topological polar surface area (TPSA) is 265 Å². The first-order chi connectivity index (χ1) is 34.0. The fraction of sp³-hybridized carbons (Fsp3) is 0.442. The van der Waals surface area contributed by atoms with Crippen LogP contribution in [0.2, 0.25) is 0 Å². The summed E-state index contributed by atoms with van der Waals surface area (Å²) in [5.41, 5.74) is 10.2. The lowest BCUT2D eigenvalue weighted by Crippen LogP contribution is -2.54. The lowest BCUT2D eigenvalue weighted by Gasteiger charge is -2.25. The Kier molecular flexibility index (Phi) is 20.8. The number of unbranched alkanes of at least 4 members (excludes halogenated alkanes) is 2. The Labute approximate surface area is 414 Å². The van der Waals surface area contributed by atoms with Crippen LogP contribution in [0.15, 0.2) is 89.9 Å². The number of fused-ring (bicyclic) bond motifs is 1. The molecular weight excluding hydrogens is 909 g/mol. The molecule has 3 heterocycles. The van der Waals surface area contributed by atoms with Crippen molar-refractivity contribution in [1.29, 1.82) is 0 Å². The Bertz CT molecular complexity index is 2580. The molecule has 8 N–H and O–H groups in total. The number of amides is 8. The predicted molar refractivity (Wildman–Crippen MR) is 269 cm³/mol. The minimum Gasteiger partial charge on any atom is -0.445 e. The van der Waals surface area contributed by atoms with E-state index in [0.717, 1.165) is 16.0 Å². The average molecular weight is 977 g/mol. The molecule has 2 aromatic heterocycles. The monoisotopic (exact) mass is 977 g/mol. The van der Waals surface area contributed by atoms with Gasteiger partial charge in [-0.15, -0.1) is 0 Å². The van der Waals surface area contributed by atoms with Crippen molar-refractivity contribution in [3.8, 4) is 0 Å². The third kappa shape index (κ3) is 16.9. The van der Waals surface area contributed by atoms with E-state index in [-0.39, 0.29) is 73.7 Å². The van der Waals surface area contributed by atoms with Crippen molar-refractivity contribution in [2.45, 2.75) is 111 Å². The summed E-state index contributed by atoms with van der Waals surface area (Å²) in [6, 6.07) is 17.3. The summed E-state index contributed by atoms with van der Waals surface area (Å²) in [7, 11) is 0. The second-order valence-corrected chi connectivity index (χ2v) is 18.3. The predicted octanol–water partition coefficient (Wildman–Crippen LogP) is 4.69. The van der Waals surface area contributed by atoms with Crippen LogP contribution in [0, 0.1) is 18.8 Å². The number of benzene rings is 2. The van der Waals surface area contributed by atoms with E-state index >= 15 is 0 Å². The van der Waals surface area contributed by atoms with Crippen LogP contribution in [0.4, 0.5) is 15.3 Å². The van der Waals surface area contributed by atoms with Gasteiger partial charge >= 0.3 is 12.1 Å². The highest BCUT2D eigenvalue weighted by Crippen LogP contribution is 2.25. The summed E-state index contributed by atoms with van der Waals surface area (Å²) in [6.07, 6.45) is 6.78. The number of hydrogen-bond donors (Lipinski definition) is 7. The van der Waals surface area contributed by atoms with Crippen molar-refractivity contribution in [3.05, 3.63) is 123 Å². The molecular formula is C52H68N10O9. The molecule has 5 rings (SSSR count). The number of ether oxygens (including phenoxy) is 1. The Hall–Kier alpha value is -7.41. The summed E-state index contributed by atoms with van der Waals surface area (Å²) < 4.78 is 7.04. The van der Waals surface area contributed by atoms with Crippen molar-refractivity contribution in [2.75, 3.05) is 31.5 Å². The Morgan fingerprint density at radius 2 is 1.48 bits per heavy atom. The van der Waals surface area contributed by atoms with E-state index in [0.29, 0.717) is 79.8 Å². The zero-order chi connectivity index (χ0) is 51.5. The molecule has 0 radical (unpaired) electrons. The first-order valence-corrected chi connectivity index (χ1v) is 24.3. The van der Waals surface area contributed by atoms with Crippen LogP contribution >= 0.6 is 0 Å². The zero-order valence-corrected chi connectivity index (χ0v) is 41.3. The number of hydrogen-bond acceptors (Lipinski definition) is 11. The number of aryl methyl sites for hydroxylation is 1. The van der Waals surface area contributed by atoms with Crippen molar-refractivity contribution >= 4 is 53.0 Å². The van der Waals surface area contributed by atoms with Crippen LogP contribution in [0.25, 0.3) is 5.65 Å². The maximum Gasteiger partial charge on any atom is 0.407 e. The minimum atomic E-state index is -1.04. The summed E-state index contributed by atoms with van der Waals surface area (Å²) >= 11 is 0. The molecule has 0 spiro atoms. The first kappa shape index (κ1) is 54.5. The van der Waals surface area contributed by atoms with E-state index in [4.69, 9.17) is 15.5 Å². The average Bonchev–Trinajstić information content (AvgIpc) is 3.65. The number of alkyl carbamates (subject to hydrolysis) is 1. The molecule has 19 nitrogen and oxygen atoms in total. The number of nitrogens with one attached hydrogen (secondary N) is 6. The number of carbonyl (C=O) groups excluding carboxylic acids is 7. The molecule has 1 aliphatic heterocycles. The highest BCUT2D eigenvalue weighted by Gasteiger charge is 2.29. The van der Waals surface area contributed by atoms with Crippen LogP contribution in [0.5, 0.6) is 0 Å². The summed E-state index contributed by atoms with van der Waals surface area (Å²) in [5, 5.41) is 17.2. The van der Waals surface area contributed by atoms with E-state index in [1.54, 1.807) is 48.7 Å². The van der Waals surface area contributed by atoms with Gasteiger partial charge in [0.1, 0.15) is 24.3 Å².